The predicted molar refractivity (Wildman–Crippen MR) is 74.8 cm³/mol. The van der Waals surface area contributed by atoms with E-state index in [0.29, 0.717) is 0 Å². The smallest absolute Gasteiger partial charge is 0.0645 e. The molecule has 1 aromatic heterocycles. The highest BCUT2D eigenvalue weighted by atomic mass is 15.3. The Morgan fingerprint density at radius 3 is 2.61 bits per heavy atom. The van der Waals surface area contributed by atoms with E-state index in [9.17, 15) is 0 Å². The van der Waals surface area contributed by atoms with Gasteiger partial charge in [-0.15, -0.1) is 0 Å². The molecule has 0 bridgehead atoms. The molecule has 0 saturated carbocycles. The van der Waals surface area contributed by atoms with Crippen LogP contribution in [0, 0.1) is 0 Å². The first-order valence-corrected chi connectivity index (χ1v) is 6.45. The molecule has 2 aromatic rings. The lowest BCUT2D eigenvalue weighted by Crippen LogP contribution is -2.37. The molecular formula is C15H21N3. The van der Waals surface area contributed by atoms with Crippen LogP contribution in [0.4, 0.5) is 0 Å². The maximum Gasteiger partial charge on any atom is 0.0645 e. The van der Waals surface area contributed by atoms with Crippen LogP contribution < -0.4 is 5.32 Å². The fourth-order valence-corrected chi connectivity index (χ4v) is 1.64. The van der Waals surface area contributed by atoms with Gasteiger partial charge in [0.15, 0.2) is 0 Å². The fourth-order valence-electron chi connectivity index (χ4n) is 1.64. The van der Waals surface area contributed by atoms with Crippen molar-refractivity contribution >= 4 is 0 Å². The highest BCUT2D eigenvalue weighted by Gasteiger charge is 2.13. The van der Waals surface area contributed by atoms with Crippen LogP contribution in [0.5, 0.6) is 0 Å². The molecule has 3 heteroatoms. The van der Waals surface area contributed by atoms with E-state index in [4.69, 9.17) is 0 Å². The molecule has 0 amide bonds. The molecule has 1 aromatic carbocycles. The topological polar surface area (TPSA) is 29.9 Å². The highest BCUT2D eigenvalue weighted by Crippen LogP contribution is 2.11. The van der Waals surface area contributed by atoms with Gasteiger partial charge in [-0.3, -0.25) is 0 Å². The van der Waals surface area contributed by atoms with Crippen LogP contribution in [0.15, 0.2) is 42.7 Å². The van der Waals surface area contributed by atoms with Crippen molar-refractivity contribution < 1.29 is 0 Å². The average molecular weight is 243 g/mol. The molecule has 0 aliphatic carbocycles. The molecule has 3 nitrogen and oxygen atoms in total. The molecule has 0 aliphatic rings. The number of nitrogens with zero attached hydrogens (tertiary/aromatic N) is 2. The van der Waals surface area contributed by atoms with Gasteiger partial charge in [0.05, 0.1) is 11.9 Å². The Balaban J connectivity index is 2.03. The van der Waals surface area contributed by atoms with Crippen LogP contribution in [0.1, 0.15) is 32.8 Å². The first kappa shape index (κ1) is 12.8. The van der Waals surface area contributed by atoms with Gasteiger partial charge in [-0.05, 0) is 32.4 Å². The largest absolute Gasteiger partial charge is 0.308 e. The van der Waals surface area contributed by atoms with Crippen molar-refractivity contribution in [2.45, 2.75) is 39.3 Å². The lowest BCUT2D eigenvalue weighted by molar-refractivity contribution is 0.374. The molecule has 2 rings (SSSR count). The minimum absolute atomic E-state index is 0.175. The summed E-state index contributed by atoms with van der Waals surface area (Å²) in [6.45, 7) is 7.48. The van der Waals surface area contributed by atoms with Crippen LogP contribution >= 0.6 is 0 Å². The highest BCUT2D eigenvalue weighted by molar-refractivity contribution is 5.30. The van der Waals surface area contributed by atoms with Crippen LogP contribution in [-0.4, -0.2) is 15.3 Å². The van der Waals surface area contributed by atoms with Gasteiger partial charge < -0.3 is 5.32 Å². The van der Waals surface area contributed by atoms with Gasteiger partial charge >= 0.3 is 0 Å². The van der Waals surface area contributed by atoms with Crippen molar-refractivity contribution in [2.24, 2.45) is 0 Å². The number of para-hydroxylation sites is 1. The van der Waals surface area contributed by atoms with Gasteiger partial charge in [-0.1, -0.05) is 25.1 Å². The van der Waals surface area contributed by atoms with Gasteiger partial charge in [-0.25, -0.2) is 4.68 Å². The number of hydrogen-bond acceptors (Lipinski definition) is 2. The van der Waals surface area contributed by atoms with E-state index in [1.807, 2.05) is 29.1 Å². The summed E-state index contributed by atoms with van der Waals surface area (Å²) in [5, 5.41) is 7.93. The third-order valence-corrected chi connectivity index (χ3v) is 3.31. The molecule has 0 fully saturated rings. The molecular weight excluding hydrogens is 222 g/mol. The summed E-state index contributed by atoms with van der Waals surface area (Å²) in [5.41, 5.74) is 2.48. The second-order valence-electron chi connectivity index (χ2n) is 5.22. The molecule has 0 spiro atoms. The van der Waals surface area contributed by atoms with E-state index >= 15 is 0 Å². The Labute approximate surface area is 109 Å². The predicted octanol–water partition coefficient (Wildman–Crippen LogP) is 3.15. The number of rotatable bonds is 5. The van der Waals surface area contributed by atoms with E-state index in [1.54, 1.807) is 0 Å². The summed E-state index contributed by atoms with van der Waals surface area (Å²) < 4.78 is 1.91. The number of nitrogens with one attached hydrogen (secondary N) is 1. The third-order valence-electron chi connectivity index (χ3n) is 3.31. The number of hydrogen-bond donors (Lipinski definition) is 1. The third kappa shape index (κ3) is 3.20. The standard InChI is InChI=1S/C15H21N3/c1-4-15(2,3)16-10-13-11-17-18(12-13)14-8-6-5-7-9-14/h5-9,11-12,16H,4,10H2,1-3H3. The van der Waals surface area contributed by atoms with Crippen LogP contribution in [-0.2, 0) is 6.54 Å². The Bertz CT molecular complexity index is 485. The molecule has 0 aliphatic heterocycles. The van der Waals surface area contributed by atoms with E-state index in [0.717, 1.165) is 18.7 Å². The molecule has 0 saturated heterocycles. The monoisotopic (exact) mass is 243 g/mol. The SMILES string of the molecule is CCC(C)(C)NCc1cnn(-c2ccccc2)c1. The average Bonchev–Trinajstić information content (AvgIpc) is 2.86. The second-order valence-corrected chi connectivity index (χ2v) is 5.22. The summed E-state index contributed by atoms with van der Waals surface area (Å²) in [4.78, 5) is 0. The minimum Gasteiger partial charge on any atom is -0.308 e. The van der Waals surface area contributed by atoms with Gasteiger partial charge in [0.1, 0.15) is 0 Å². The summed E-state index contributed by atoms with van der Waals surface area (Å²) in [6, 6.07) is 10.2. The summed E-state index contributed by atoms with van der Waals surface area (Å²) >= 11 is 0. The summed E-state index contributed by atoms with van der Waals surface area (Å²) in [5.74, 6) is 0. The zero-order valence-corrected chi connectivity index (χ0v) is 11.4. The Morgan fingerprint density at radius 2 is 1.94 bits per heavy atom. The summed E-state index contributed by atoms with van der Waals surface area (Å²) in [6.07, 6.45) is 5.11. The summed E-state index contributed by atoms with van der Waals surface area (Å²) in [7, 11) is 0. The minimum atomic E-state index is 0.175. The van der Waals surface area contributed by atoms with E-state index in [1.165, 1.54) is 5.56 Å². The maximum atomic E-state index is 4.39. The van der Waals surface area contributed by atoms with E-state index in [-0.39, 0.29) is 5.54 Å². The zero-order valence-electron chi connectivity index (χ0n) is 11.4. The van der Waals surface area contributed by atoms with E-state index < -0.39 is 0 Å². The van der Waals surface area contributed by atoms with Gasteiger partial charge in [0.2, 0.25) is 0 Å². The molecule has 96 valence electrons. The van der Waals surface area contributed by atoms with Crippen molar-refractivity contribution in [2.75, 3.05) is 0 Å². The lowest BCUT2D eigenvalue weighted by Gasteiger charge is -2.24. The van der Waals surface area contributed by atoms with Crippen LogP contribution in [0.25, 0.3) is 5.69 Å². The van der Waals surface area contributed by atoms with Gasteiger partial charge in [-0.2, -0.15) is 5.10 Å². The van der Waals surface area contributed by atoms with Crippen molar-refractivity contribution in [3.05, 3.63) is 48.3 Å². The van der Waals surface area contributed by atoms with Gasteiger partial charge in [0, 0.05) is 23.8 Å². The maximum absolute atomic E-state index is 4.39. The number of aromatic nitrogens is 2. The molecule has 18 heavy (non-hydrogen) atoms. The lowest BCUT2D eigenvalue weighted by atomic mass is 10.0. The first-order valence-electron chi connectivity index (χ1n) is 6.45. The second kappa shape index (κ2) is 5.36. The van der Waals surface area contributed by atoms with Crippen LogP contribution in [0.2, 0.25) is 0 Å². The fraction of sp³-hybridized carbons (Fsp3) is 0.400. The van der Waals surface area contributed by atoms with Crippen LogP contribution in [0.3, 0.4) is 0 Å². The van der Waals surface area contributed by atoms with Crippen molar-refractivity contribution in [3.8, 4) is 5.69 Å². The number of benzene rings is 1. The van der Waals surface area contributed by atoms with Crippen molar-refractivity contribution in [3.63, 3.8) is 0 Å². The Morgan fingerprint density at radius 1 is 1.22 bits per heavy atom. The normalized spacial score (nSPS) is 11.7. The molecule has 1 heterocycles. The molecule has 0 unspecified atom stereocenters. The molecule has 0 radical (unpaired) electrons. The first-order chi connectivity index (χ1) is 8.61. The Hall–Kier alpha value is -1.61. The van der Waals surface area contributed by atoms with Crippen molar-refractivity contribution in [1.82, 2.24) is 15.1 Å². The molecule has 1 N–H and O–H groups in total. The Kier molecular flexibility index (Phi) is 3.82. The quantitative estimate of drug-likeness (QED) is 0.874. The zero-order chi connectivity index (χ0) is 13.0. The molecule has 0 atom stereocenters. The van der Waals surface area contributed by atoms with Crippen molar-refractivity contribution in [1.29, 1.82) is 0 Å². The van der Waals surface area contributed by atoms with E-state index in [2.05, 4.69) is 49.5 Å². The van der Waals surface area contributed by atoms with Gasteiger partial charge in [0.25, 0.3) is 0 Å².